The molecule has 18 heavy (non-hydrogen) atoms. The van der Waals surface area contributed by atoms with Crippen LogP contribution in [0.5, 0.6) is 5.75 Å². The van der Waals surface area contributed by atoms with Crippen LogP contribution in [0, 0.1) is 6.92 Å². The number of anilines is 1. The Hall–Kier alpha value is -1.53. The number of hydrogen-bond acceptors (Lipinski definition) is 2. The maximum atomic E-state index is 9.85. The van der Waals surface area contributed by atoms with Crippen LogP contribution in [-0.4, -0.2) is 19.2 Å². The van der Waals surface area contributed by atoms with E-state index in [2.05, 4.69) is 30.0 Å². The first-order valence-corrected chi connectivity index (χ1v) is 6.91. The summed E-state index contributed by atoms with van der Waals surface area (Å²) >= 11 is 0. The lowest BCUT2D eigenvalue weighted by Gasteiger charge is -2.18. The topological polar surface area (TPSA) is 23.5 Å². The fourth-order valence-electron chi connectivity index (χ4n) is 1.84. The largest absolute Gasteiger partial charge is 0.507 e. The lowest BCUT2D eigenvalue weighted by Crippen LogP contribution is -2.18. The number of rotatable bonds is 3. The van der Waals surface area contributed by atoms with Crippen LogP contribution in [0.2, 0.25) is 0 Å². The minimum atomic E-state index is 0.376. The minimum Gasteiger partial charge on any atom is -0.507 e. The summed E-state index contributed by atoms with van der Waals surface area (Å²) in [4.78, 5) is 2.12. The van der Waals surface area contributed by atoms with E-state index < -0.39 is 0 Å². The third-order valence-electron chi connectivity index (χ3n) is 2.81. The zero-order valence-electron chi connectivity index (χ0n) is 10.9. The number of aromatic hydroxyl groups is 1. The van der Waals surface area contributed by atoms with E-state index >= 15 is 0 Å². The van der Waals surface area contributed by atoms with Crippen LogP contribution in [0.25, 0.3) is 0 Å². The molecule has 0 heterocycles. The zero-order chi connectivity index (χ0) is 13.1. The van der Waals surface area contributed by atoms with Crippen LogP contribution in [-0.2, 0) is 0 Å². The fraction of sp³-hybridized carbons (Fsp3) is 0.200. The Labute approximate surface area is 110 Å². The molecule has 0 amide bonds. The van der Waals surface area contributed by atoms with E-state index in [1.165, 1.54) is 16.6 Å². The monoisotopic (exact) mass is 259 g/mol. The number of benzene rings is 2. The van der Waals surface area contributed by atoms with Crippen molar-refractivity contribution in [1.82, 2.24) is 0 Å². The summed E-state index contributed by atoms with van der Waals surface area (Å²) in [6, 6.07) is 14.0. The van der Waals surface area contributed by atoms with Gasteiger partial charge in [0.2, 0.25) is 0 Å². The maximum Gasteiger partial charge on any atom is 0.123 e. The molecule has 2 rings (SSSR count). The molecule has 0 saturated heterocycles. The van der Waals surface area contributed by atoms with Gasteiger partial charge in [-0.15, -0.1) is 0 Å². The molecule has 0 saturated carbocycles. The Bertz CT molecular complexity index is 552. The Morgan fingerprint density at radius 3 is 2.39 bits per heavy atom. The summed E-state index contributed by atoms with van der Waals surface area (Å²) < 4.78 is 0. The van der Waals surface area contributed by atoms with Crippen molar-refractivity contribution in [3.63, 3.8) is 0 Å². The van der Waals surface area contributed by atoms with Crippen molar-refractivity contribution < 1.29 is 5.11 Å². The Morgan fingerprint density at radius 2 is 1.72 bits per heavy atom. The van der Waals surface area contributed by atoms with Crippen molar-refractivity contribution in [2.75, 3.05) is 19.0 Å². The van der Waals surface area contributed by atoms with E-state index in [-0.39, 0.29) is 0 Å². The molecule has 0 bridgehead atoms. The Balaban J connectivity index is 2.37. The normalized spacial score (nSPS) is 11.1. The fourth-order valence-corrected chi connectivity index (χ4v) is 3.11. The molecular formula is C15H18NOP. The number of para-hydroxylation sites is 1. The first-order valence-electron chi connectivity index (χ1n) is 5.91. The molecule has 1 unspecified atom stereocenters. The van der Waals surface area contributed by atoms with Gasteiger partial charge >= 0.3 is 0 Å². The van der Waals surface area contributed by atoms with E-state index in [1.54, 1.807) is 6.07 Å². The van der Waals surface area contributed by atoms with E-state index in [0.717, 1.165) is 5.30 Å². The highest BCUT2D eigenvalue weighted by Gasteiger charge is 2.08. The molecule has 1 N–H and O–H groups in total. The van der Waals surface area contributed by atoms with E-state index in [4.69, 9.17) is 0 Å². The second kappa shape index (κ2) is 5.41. The van der Waals surface area contributed by atoms with Crippen molar-refractivity contribution in [2.24, 2.45) is 0 Å². The second-order valence-corrected chi connectivity index (χ2v) is 5.88. The van der Waals surface area contributed by atoms with Gasteiger partial charge in [0, 0.05) is 30.4 Å². The molecule has 0 aromatic heterocycles. The second-order valence-electron chi connectivity index (χ2n) is 4.56. The lowest BCUT2D eigenvalue weighted by atomic mass is 10.2. The number of nitrogens with zero attached hydrogens (tertiary/aromatic N) is 1. The van der Waals surface area contributed by atoms with Crippen molar-refractivity contribution in [1.29, 1.82) is 0 Å². The predicted molar refractivity (Wildman–Crippen MR) is 81.2 cm³/mol. The first kappa shape index (κ1) is 12.9. The molecule has 0 aliphatic rings. The van der Waals surface area contributed by atoms with Gasteiger partial charge in [0.15, 0.2) is 0 Å². The lowest BCUT2D eigenvalue weighted by molar-refractivity contribution is 0.480. The van der Waals surface area contributed by atoms with Crippen LogP contribution in [0.3, 0.4) is 0 Å². The molecular weight excluding hydrogens is 241 g/mol. The van der Waals surface area contributed by atoms with Gasteiger partial charge in [-0.1, -0.05) is 38.9 Å². The molecule has 0 aliphatic carbocycles. The quantitative estimate of drug-likeness (QED) is 0.856. The van der Waals surface area contributed by atoms with Gasteiger partial charge in [-0.05, 0) is 24.6 Å². The third-order valence-corrected chi connectivity index (χ3v) is 4.19. The van der Waals surface area contributed by atoms with E-state index in [9.17, 15) is 5.11 Å². The summed E-state index contributed by atoms with van der Waals surface area (Å²) in [5, 5.41) is 12.1. The average molecular weight is 259 g/mol. The summed E-state index contributed by atoms with van der Waals surface area (Å²) in [6.45, 7) is 2.10. The Kier molecular flexibility index (Phi) is 3.88. The molecule has 1 atom stereocenters. The summed E-state index contributed by atoms with van der Waals surface area (Å²) in [5.41, 5.74) is 2.47. The van der Waals surface area contributed by atoms with Crippen LogP contribution in [0.1, 0.15) is 5.56 Å². The molecule has 2 nitrogen and oxygen atoms in total. The van der Waals surface area contributed by atoms with Crippen molar-refractivity contribution in [3.8, 4) is 5.75 Å². The molecule has 2 aromatic rings. The van der Waals surface area contributed by atoms with Crippen LogP contribution < -0.4 is 15.5 Å². The molecule has 94 valence electrons. The van der Waals surface area contributed by atoms with Crippen molar-refractivity contribution in [2.45, 2.75) is 6.92 Å². The summed E-state index contributed by atoms with van der Waals surface area (Å²) in [7, 11) is 4.57. The summed E-state index contributed by atoms with van der Waals surface area (Å²) in [5.74, 6) is 0.376. The Morgan fingerprint density at radius 1 is 1.00 bits per heavy atom. The molecule has 0 radical (unpaired) electrons. The highest BCUT2D eigenvalue weighted by atomic mass is 31.1. The zero-order valence-corrected chi connectivity index (χ0v) is 11.9. The van der Waals surface area contributed by atoms with E-state index in [0.29, 0.717) is 14.3 Å². The van der Waals surface area contributed by atoms with Gasteiger partial charge < -0.3 is 10.0 Å². The molecule has 0 spiro atoms. The molecule has 0 aliphatic heterocycles. The van der Waals surface area contributed by atoms with Gasteiger partial charge in [0.05, 0.1) is 0 Å². The smallest absolute Gasteiger partial charge is 0.123 e. The number of phenols is 1. The first-order chi connectivity index (χ1) is 8.58. The van der Waals surface area contributed by atoms with Gasteiger partial charge in [0.25, 0.3) is 0 Å². The minimum absolute atomic E-state index is 0.376. The predicted octanol–water partition coefficient (Wildman–Crippen LogP) is 2.40. The van der Waals surface area contributed by atoms with Crippen LogP contribution in [0.15, 0.2) is 42.5 Å². The molecule has 3 heteroatoms. The standard InChI is InChI=1S/C15H18NOP/c1-11-8-9-14(12(10-11)16(2)3)18-15-7-5-4-6-13(15)17/h4-10,17-18H,1-3H3. The SMILES string of the molecule is Cc1ccc(Pc2ccccc2O)c(N(C)C)c1. The molecule has 0 fully saturated rings. The van der Waals surface area contributed by atoms with Gasteiger partial charge in [-0.2, -0.15) is 0 Å². The number of aryl methyl sites for hydroxylation is 1. The highest BCUT2D eigenvalue weighted by molar-refractivity contribution is 7.56. The third kappa shape index (κ3) is 2.83. The maximum absolute atomic E-state index is 9.85. The average Bonchev–Trinajstić information content (AvgIpc) is 2.34. The van der Waals surface area contributed by atoms with Crippen molar-refractivity contribution >= 4 is 24.9 Å². The van der Waals surface area contributed by atoms with E-state index in [1.807, 2.05) is 32.3 Å². The highest BCUT2D eigenvalue weighted by Crippen LogP contribution is 2.23. The van der Waals surface area contributed by atoms with Crippen LogP contribution in [0.4, 0.5) is 5.69 Å². The van der Waals surface area contributed by atoms with Gasteiger partial charge in [0.1, 0.15) is 5.75 Å². The number of hydrogen-bond donors (Lipinski definition) is 1. The van der Waals surface area contributed by atoms with Gasteiger partial charge in [-0.3, -0.25) is 0 Å². The molecule has 2 aromatic carbocycles. The van der Waals surface area contributed by atoms with Crippen molar-refractivity contribution in [3.05, 3.63) is 48.0 Å². The van der Waals surface area contributed by atoms with Gasteiger partial charge in [-0.25, -0.2) is 0 Å². The van der Waals surface area contributed by atoms with Crippen LogP contribution >= 0.6 is 8.58 Å². The summed E-state index contributed by atoms with van der Waals surface area (Å²) in [6.07, 6.45) is 0. The number of phenolic OH excluding ortho intramolecular Hbond substituents is 1.